The number of para-hydroxylation sites is 1. The van der Waals surface area contributed by atoms with Crippen molar-refractivity contribution in [2.24, 2.45) is 0 Å². The lowest BCUT2D eigenvalue weighted by atomic mass is 9.84. The van der Waals surface area contributed by atoms with Crippen molar-refractivity contribution in [3.05, 3.63) is 41.6 Å². The molecule has 0 aromatic heterocycles. The summed E-state index contributed by atoms with van der Waals surface area (Å²) in [6, 6.07) is 7.44. The molecule has 1 aromatic carbocycles. The number of imide groups is 1. The third-order valence-electron chi connectivity index (χ3n) is 3.70. The summed E-state index contributed by atoms with van der Waals surface area (Å²) >= 11 is 0. The van der Waals surface area contributed by atoms with E-state index in [1.807, 2.05) is 38.1 Å². The first-order chi connectivity index (χ1) is 10.0. The summed E-state index contributed by atoms with van der Waals surface area (Å²) in [4.78, 5) is 24.2. The normalized spacial score (nSPS) is 18.3. The van der Waals surface area contributed by atoms with Gasteiger partial charge in [0.2, 0.25) is 0 Å². The van der Waals surface area contributed by atoms with E-state index in [0.717, 1.165) is 17.3 Å². The number of fused-ring (bicyclic) bond motifs is 1. The fourth-order valence-electron chi connectivity index (χ4n) is 2.60. The highest BCUT2D eigenvalue weighted by molar-refractivity contribution is 6.03. The molecular formula is C15H15F3N2O2. The number of benzene rings is 1. The minimum Gasteiger partial charge on any atom is -0.347 e. The van der Waals surface area contributed by atoms with Gasteiger partial charge in [0, 0.05) is 29.9 Å². The number of halogens is 3. The average molecular weight is 312 g/mol. The van der Waals surface area contributed by atoms with Crippen LogP contribution in [0.5, 0.6) is 0 Å². The number of amides is 2. The molecule has 1 heterocycles. The van der Waals surface area contributed by atoms with Crippen molar-refractivity contribution in [3.8, 4) is 0 Å². The van der Waals surface area contributed by atoms with Crippen LogP contribution >= 0.6 is 0 Å². The average Bonchev–Trinajstić information content (AvgIpc) is 2.60. The molecule has 1 aromatic rings. The second-order valence-corrected chi connectivity index (χ2v) is 5.55. The Bertz CT molecular complexity index is 663. The van der Waals surface area contributed by atoms with Crippen LogP contribution in [-0.2, 0) is 15.0 Å². The summed E-state index contributed by atoms with van der Waals surface area (Å²) in [7, 11) is 1.72. The molecule has 4 nitrogen and oxygen atoms in total. The largest absolute Gasteiger partial charge is 0.471 e. The molecule has 0 radical (unpaired) electrons. The first-order valence-corrected chi connectivity index (χ1v) is 6.52. The van der Waals surface area contributed by atoms with E-state index in [9.17, 15) is 22.8 Å². The van der Waals surface area contributed by atoms with Gasteiger partial charge in [-0.15, -0.1) is 0 Å². The van der Waals surface area contributed by atoms with Crippen molar-refractivity contribution in [2.75, 3.05) is 11.9 Å². The number of likely N-dealkylation sites (N-methyl/N-ethyl adjacent to an activating group) is 1. The minimum absolute atomic E-state index is 0.515. The molecule has 1 aliphatic rings. The third kappa shape index (κ3) is 2.70. The van der Waals surface area contributed by atoms with E-state index in [2.05, 4.69) is 0 Å². The van der Waals surface area contributed by atoms with Gasteiger partial charge in [-0.05, 0) is 11.6 Å². The van der Waals surface area contributed by atoms with Crippen LogP contribution in [0.1, 0.15) is 19.4 Å². The molecule has 0 saturated carbocycles. The second kappa shape index (κ2) is 5.15. The summed E-state index contributed by atoms with van der Waals surface area (Å²) in [5.41, 5.74) is 1.79. The third-order valence-corrected chi connectivity index (χ3v) is 3.70. The first-order valence-electron chi connectivity index (χ1n) is 6.52. The molecule has 118 valence electrons. The molecule has 0 atom stereocenters. The van der Waals surface area contributed by atoms with Gasteiger partial charge in [-0.2, -0.15) is 13.2 Å². The van der Waals surface area contributed by atoms with Crippen molar-refractivity contribution < 1.29 is 22.8 Å². The van der Waals surface area contributed by atoms with Crippen LogP contribution < -0.4 is 10.2 Å². The number of hydrogen-bond donors (Lipinski definition) is 1. The molecule has 2 amide bonds. The van der Waals surface area contributed by atoms with Crippen molar-refractivity contribution in [1.82, 2.24) is 5.32 Å². The lowest BCUT2D eigenvalue weighted by Gasteiger charge is -2.23. The Morgan fingerprint density at radius 1 is 1.23 bits per heavy atom. The predicted octanol–water partition coefficient (Wildman–Crippen LogP) is 2.50. The number of hydrogen-bond acceptors (Lipinski definition) is 3. The molecule has 2 rings (SSSR count). The second-order valence-electron chi connectivity index (χ2n) is 5.55. The standard InChI is InChI=1S/C15H15F3N2O2/c1-14(2)9-6-4-5-7-10(9)20(3)11(14)8-12(21)19-13(22)15(16,17)18/h4-8H,1-3H3,(H,19,21,22)/b11-8+. The molecular weight excluding hydrogens is 297 g/mol. The Balaban J connectivity index is 2.30. The SMILES string of the molecule is CN1/C(=C/C(=O)NC(=O)C(F)(F)F)C(C)(C)c2ccccc21. The quantitative estimate of drug-likeness (QED) is 0.811. The lowest BCUT2D eigenvalue weighted by Crippen LogP contribution is -2.40. The van der Waals surface area contributed by atoms with Gasteiger partial charge in [0.1, 0.15) is 0 Å². The van der Waals surface area contributed by atoms with Crippen LogP contribution in [0, 0.1) is 0 Å². The van der Waals surface area contributed by atoms with Gasteiger partial charge in [0.15, 0.2) is 0 Å². The lowest BCUT2D eigenvalue weighted by molar-refractivity contribution is -0.174. The van der Waals surface area contributed by atoms with Crippen molar-refractivity contribution in [2.45, 2.75) is 25.4 Å². The van der Waals surface area contributed by atoms with Gasteiger partial charge in [-0.1, -0.05) is 32.0 Å². The van der Waals surface area contributed by atoms with Gasteiger partial charge in [0.05, 0.1) is 0 Å². The fourth-order valence-corrected chi connectivity index (χ4v) is 2.60. The monoisotopic (exact) mass is 312 g/mol. The number of carbonyl (C=O) groups is 2. The number of carbonyl (C=O) groups excluding carboxylic acids is 2. The number of rotatable bonds is 1. The molecule has 0 bridgehead atoms. The zero-order valence-electron chi connectivity index (χ0n) is 12.3. The summed E-state index contributed by atoms with van der Waals surface area (Å²) in [6.45, 7) is 3.72. The summed E-state index contributed by atoms with van der Waals surface area (Å²) in [5, 5.41) is 1.33. The summed E-state index contributed by atoms with van der Waals surface area (Å²) in [6.07, 6.45) is -4.06. The molecule has 1 N–H and O–H groups in total. The molecule has 0 spiro atoms. The molecule has 0 unspecified atom stereocenters. The Hall–Kier alpha value is -2.31. The van der Waals surface area contributed by atoms with Crippen LogP contribution in [-0.4, -0.2) is 25.0 Å². The minimum atomic E-state index is -5.09. The maximum atomic E-state index is 12.2. The number of nitrogens with zero attached hydrogens (tertiary/aromatic N) is 1. The van der Waals surface area contributed by atoms with Gasteiger partial charge in [-0.3, -0.25) is 14.9 Å². The van der Waals surface area contributed by atoms with E-state index in [4.69, 9.17) is 0 Å². The van der Waals surface area contributed by atoms with Crippen LogP contribution in [0.25, 0.3) is 0 Å². The van der Waals surface area contributed by atoms with Crippen LogP contribution in [0.3, 0.4) is 0 Å². The number of alkyl halides is 3. The summed E-state index contributed by atoms with van der Waals surface area (Å²) in [5.74, 6) is -3.37. The topological polar surface area (TPSA) is 49.4 Å². The Morgan fingerprint density at radius 3 is 2.36 bits per heavy atom. The molecule has 0 fully saturated rings. The van der Waals surface area contributed by atoms with Crippen LogP contribution in [0.2, 0.25) is 0 Å². The van der Waals surface area contributed by atoms with Crippen molar-refractivity contribution in [3.63, 3.8) is 0 Å². The molecule has 7 heteroatoms. The number of allylic oxidation sites excluding steroid dienone is 1. The zero-order chi connectivity index (χ0) is 16.7. The van der Waals surface area contributed by atoms with Gasteiger partial charge < -0.3 is 4.90 Å². The molecule has 0 saturated heterocycles. The summed E-state index contributed by atoms with van der Waals surface area (Å²) < 4.78 is 36.5. The zero-order valence-corrected chi connectivity index (χ0v) is 12.3. The number of nitrogens with one attached hydrogen (secondary N) is 1. The smallest absolute Gasteiger partial charge is 0.347 e. The van der Waals surface area contributed by atoms with Gasteiger partial charge in [0.25, 0.3) is 5.91 Å². The highest BCUT2D eigenvalue weighted by atomic mass is 19.4. The van der Waals surface area contributed by atoms with Gasteiger partial charge >= 0.3 is 12.1 Å². The van der Waals surface area contributed by atoms with Crippen molar-refractivity contribution in [1.29, 1.82) is 0 Å². The van der Waals surface area contributed by atoms with Crippen molar-refractivity contribution >= 4 is 17.5 Å². The van der Waals surface area contributed by atoms with Crippen LogP contribution in [0.15, 0.2) is 36.0 Å². The Labute approximate surface area is 125 Å². The Kier molecular flexibility index (Phi) is 3.76. The maximum Gasteiger partial charge on any atom is 0.471 e. The molecule has 1 aliphatic heterocycles. The van der Waals surface area contributed by atoms with E-state index >= 15 is 0 Å². The fraction of sp³-hybridized carbons (Fsp3) is 0.333. The van der Waals surface area contributed by atoms with E-state index < -0.39 is 23.4 Å². The molecule has 22 heavy (non-hydrogen) atoms. The highest BCUT2D eigenvalue weighted by Gasteiger charge is 2.41. The number of anilines is 1. The predicted molar refractivity (Wildman–Crippen MR) is 75.2 cm³/mol. The van der Waals surface area contributed by atoms with E-state index in [-0.39, 0.29) is 0 Å². The highest BCUT2D eigenvalue weighted by Crippen LogP contribution is 2.46. The maximum absolute atomic E-state index is 12.2. The van der Waals surface area contributed by atoms with Gasteiger partial charge in [-0.25, -0.2) is 0 Å². The molecule has 0 aliphatic carbocycles. The van der Waals surface area contributed by atoms with E-state index in [0.29, 0.717) is 5.70 Å². The van der Waals surface area contributed by atoms with E-state index in [1.165, 1.54) is 5.32 Å². The Morgan fingerprint density at radius 2 is 1.82 bits per heavy atom. The van der Waals surface area contributed by atoms with E-state index in [1.54, 1.807) is 11.9 Å². The first kappa shape index (κ1) is 16.1. The van der Waals surface area contributed by atoms with Crippen LogP contribution in [0.4, 0.5) is 18.9 Å².